The van der Waals surface area contributed by atoms with Gasteiger partial charge in [-0.05, 0) is 12.3 Å². The monoisotopic (exact) mass is 166 g/mol. The summed E-state index contributed by atoms with van der Waals surface area (Å²) in [5.41, 5.74) is 0. The zero-order valence-corrected chi connectivity index (χ0v) is 7.19. The van der Waals surface area contributed by atoms with E-state index in [1.54, 1.807) is 0 Å². The molecule has 1 N–H and O–H groups in total. The Kier molecular flexibility index (Phi) is 3.89. The van der Waals surface area contributed by atoms with Gasteiger partial charge in [0.15, 0.2) is 0 Å². The van der Waals surface area contributed by atoms with Crippen molar-refractivity contribution in [2.45, 2.75) is 26.7 Å². The predicted octanol–water partition coefficient (Wildman–Crippen LogP) is 1.31. The van der Waals surface area contributed by atoms with Crippen molar-refractivity contribution < 1.29 is 13.0 Å². The van der Waals surface area contributed by atoms with Gasteiger partial charge in [0.1, 0.15) is 0 Å². The second-order valence-corrected chi connectivity index (χ2v) is 4.16. The van der Waals surface area contributed by atoms with Crippen LogP contribution < -0.4 is 0 Å². The quantitative estimate of drug-likeness (QED) is 0.641. The molecular weight excluding hydrogens is 152 g/mol. The lowest BCUT2D eigenvalue weighted by atomic mass is 10.1. The van der Waals surface area contributed by atoms with Crippen molar-refractivity contribution in [1.82, 2.24) is 0 Å². The van der Waals surface area contributed by atoms with Crippen molar-refractivity contribution in [2.75, 3.05) is 5.75 Å². The molecule has 0 aliphatic carbocycles. The van der Waals surface area contributed by atoms with E-state index in [9.17, 15) is 8.42 Å². The molecule has 10 heavy (non-hydrogen) atoms. The van der Waals surface area contributed by atoms with Gasteiger partial charge in [0, 0.05) is 0 Å². The first-order valence-electron chi connectivity index (χ1n) is 3.41. The van der Waals surface area contributed by atoms with Gasteiger partial charge < -0.3 is 0 Å². The third-order valence-electron chi connectivity index (χ3n) is 1.57. The first kappa shape index (κ1) is 9.91. The maximum Gasteiger partial charge on any atom is 0.264 e. The highest BCUT2D eigenvalue weighted by molar-refractivity contribution is 7.85. The number of hydrogen-bond donors (Lipinski definition) is 1. The van der Waals surface area contributed by atoms with Gasteiger partial charge in [0.25, 0.3) is 10.1 Å². The molecule has 0 bridgehead atoms. The lowest BCUT2D eigenvalue weighted by molar-refractivity contribution is 0.467. The molecule has 0 fully saturated rings. The minimum absolute atomic E-state index is 0.109. The number of hydrogen-bond acceptors (Lipinski definition) is 2. The summed E-state index contributed by atoms with van der Waals surface area (Å²) in [6.45, 7) is 3.96. The Labute approximate surface area is 62.2 Å². The summed E-state index contributed by atoms with van der Waals surface area (Å²) in [5, 5.41) is 0. The van der Waals surface area contributed by atoms with E-state index in [1.807, 2.05) is 13.8 Å². The van der Waals surface area contributed by atoms with Crippen LogP contribution >= 0.6 is 0 Å². The molecule has 0 unspecified atom stereocenters. The molecule has 4 heteroatoms. The van der Waals surface area contributed by atoms with E-state index in [2.05, 4.69) is 0 Å². The fourth-order valence-corrected chi connectivity index (χ4v) is 1.25. The molecule has 0 aromatic heterocycles. The molecule has 0 aliphatic rings. The highest BCUT2D eigenvalue weighted by Crippen LogP contribution is 2.06. The van der Waals surface area contributed by atoms with Crippen molar-refractivity contribution in [3.63, 3.8) is 0 Å². The zero-order chi connectivity index (χ0) is 8.20. The smallest absolute Gasteiger partial charge is 0.264 e. The summed E-state index contributed by atoms with van der Waals surface area (Å²) in [6, 6.07) is 0. The van der Waals surface area contributed by atoms with Crippen LogP contribution in [0.1, 0.15) is 26.7 Å². The van der Waals surface area contributed by atoms with E-state index >= 15 is 0 Å². The molecule has 0 aromatic carbocycles. The van der Waals surface area contributed by atoms with Gasteiger partial charge in [0.05, 0.1) is 5.75 Å². The maximum atomic E-state index is 10.2. The fourth-order valence-electron chi connectivity index (χ4n) is 0.554. The van der Waals surface area contributed by atoms with Crippen molar-refractivity contribution in [3.05, 3.63) is 0 Å². The molecule has 0 heterocycles. The third kappa shape index (κ3) is 6.04. The van der Waals surface area contributed by atoms with Gasteiger partial charge in [-0.15, -0.1) is 0 Å². The largest absolute Gasteiger partial charge is 0.286 e. The SMILES string of the molecule is CC[C@H](C)CCS(=O)(=O)O. The second kappa shape index (κ2) is 3.93. The van der Waals surface area contributed by atoms with Crippen LogP contribution in [0.5, 0.6) is 0 Å². The summed E-state index contributed by atoms with van der Waals surface area (Å²) in [4.78, 5) is 0. The Bertz CT molecular complexity index is 171. The normalized spacial score (nSPS) is 15.1. The molecule has 1 atom stereocenters. The van der Waals surface area contributed by atoms with Crippen LogP contribution in [0.15, 0.2) is 0 Å². The molecule has 0 spiro atoms. The Morgan fingerprint density at radius 2 is 2.00 bits per heavy atom. The minimum atomic E-state index is -3.73. The Hall–Kier alpha value is -0.0900. The molecule has 62 valence electrons. The molecular formula is C6H14O3S. The Morgan fingerprint density at radius 3 is 2.30 bits per heavy atom. The molecule has 0 rings (SSSR count). The molecule has 0 amide bonds. The number of rotatable bonds is 4. The summed E-state index contributed by atoms with van der Waals surface area (Å²) >= 11 is 0. The van der Waals surface area contributed by atoms with Crippen LogP contribution in [0.4, 0.5) is 0 Å². The molecule has 0 aliphatic heterocycles. The first-order valence-corrected chi connectivity index (χ1v) is 5.01. The van der Waals surface area contributed by atoms with Crippen molar-refractivity contribution in [2.24, 2.45) is 5.92 Å². The average molecular weight is 166 g/mol. The van der Waals surface area contributed by atoms with Crippen LogP contribution in [-0.2, 0) is 10.1 Å². The van der Waals surface area contributed by atoms with E-state index in [0.717, 1.165) is 6.42 Å². The zero-order valence-electron chi connectivity index (χ0n) is 6.37. The summed E-state index contributed by atoms with van der Waals surface area (Å²) in [5.74, 6) is 0.268. The van der Waals surface area contributed by atoms with Gasteiger partial charge in [0.2, 0.25) is 0 Å². The molecule has 0 saturated carbocycles. The van der Waals surface area contributed by atoms with Crippen LogP contribution in [0, 0.1) is 5.92 Å². The summed E-state index contributed by atoms with van der Waals surface area (Å²) in [6.07, 6.45) is 1.50. The van der Waals surface area contributed by atoms with E-state index in [-0.39, 0.29) is 5.75 Å². The van der Waals surface area contributed by atoms with Crippen LogP contribution in [0.3, 0.4) is 0 Å². The minimum Gasteiger partial charge on any atom is -0.286 e. The van der Waals surface area contributed by atoms with Gasteiger partial charge in [-0.25, -0.2) is 0 Å². The topological polar surface area (TPSA) is 54.4 Å². The van der Waals surface area contributed by atoms with Crippen molar-refractivity contribution in [1.29, 1.82) is 0 Å². The third-order valence-corrected chi connectivity index (χ3v) is 2.32. The van der Waals surface area contributed by atoms with Crippen LogP contribution in [0.25, 0.3) is 0 Å². The maximum absolute atomic E-state index is 10.2. The first-order chi connectivity index (χ1) is 4.45. The average Bonchev–Trinajstić information content (AvgIpc) is 1.81. The summed E-state index contributed by atoms with van der Waals surface area (Å²) < 4.78 is 28.7. The lowest BCUT2D eigenvalue weighted by Gasteiger charge is -2.04. The summed E-state index contributed by atoms with van der Waals surface area (Å²) in [7, 11) is -3.73. The standard InChI is InChI=1S/C6H14O3S/c1-3-6(2)4-5-10(7,8)9/h6H,3-5H2,1-2H3,(H,7,8,9)/t6-/m0/s1. The van der Waals surface area contributed by atoms with E-state index < -0.39 is 10.1 Å². The van der Waals surface area contributed by atoms with Gasteiger partial charge >= 0.3 is 0 Å². The van der Waals surface area contributed by atoms with Gasteiger partial charge in [-0.1, -0.05) is 20.3 Å². The predicted molar refractivity (Wildman–Crippen MR) is 40.5 cm³/mol. The second-order valence-electron chi connectivity index (χ2n) is 2.59. The Balaban J connectivity index is 3.56. The van der Waals surface area contributed by atoms with Gasteiger partial charge in [-0.3, -0.25) is 4.55 Å². The molecule has 0 radical (unpaired) electrons. The van der Waals surface area contributed by atoms with Crippen molar-refractivity contribution >= 4 is 10.1 Å². The van der Waals surface area contributed by atoms with E-state index in [4.69, 9.17) is 4.55 Å². The fraction of sp³-hybridized carbons (Fsp3) is 1.00. The van der Waals surface area contributed by atoms with Gasteiger partial charge in [-0.2, -0.15) is 8.42 Å². The van der Waals surface area contributed by atoms with Crippen LogP contribution in [0.2, 0.25) is 0 Å². The Morgan fingerprint density at radius 1 is 1.50 bits per heavy atom. The van der Waals surface area contributed by atoms with Crippen LogP contribution in [-0.4, -0.2) is 18.7 Å². The molecule has 3 nitrogen and oxygen atoms in total. The van der Waals surface area contributed by atoms with E-state index in [1.165, 1.54) is 0 Å². The highest BCUT2D eigenvalue weighted by atomic mass is 32.2. The molecule has 0 aromatic rings. The highest BCUT2D eigenvalue weighted by Gasteiger charge is 2.06. The van der Waals surface area contributed by atoms with E-state index in [0.29, 0.717) is 12.3 Å². The lowest BCUT2D eigenvalue weighted by Crippen LogP contribution is -2.07. The van der Waals surface area contributed by atoms with Crippen molar-refractivity contribution in [3.8, 4) is 0 Å². The molecule has 0 saturated heterocycles.